The van der Waals surface area contributed by atoms with Gasteiger partial charge in [0.15, 0.2) is 5.78 Å². The molecule has 2 aromatic carbocycles. The van der Waals surface area contributed by atoms with E-state index in [9.17, 15) is 4.79 Å². The van der Waals surface area contributed by atoms with Gasteiger partial charge in [-0.05, 0) is 24.3 Å². The summed E-state index contributed by atoms with van der Waals surface area (Å²) in [4.78, 5) is 13.5. The largest absolute Gasteiger partial charge is 0.292 e. The van der Waals surface area contributed by atoms with E-state index < -0.39 is 0 Å². The number of hydrogen-bond donors (Lipinski definition) is 0. The van der Waals surface area contributed by atoms with Gasteiger partial charge in [-0.25, -0.2) is 0 Å². The maximum Gasteiger partial charge on any atom is 0.206 e. The Bertz CT molecular complexity index is 811. The van der Waals surface area contributed by atoms with Crippen LogP contribution in [0.1, 0.15) is 15.9 Å². The monoisotopic (exact) mass is 312 g/mol. The van der Waals surface area contributed by atoms with Crippen LogP contribution >= 0.6 is 11.6 Å². The van der Waals surface area contributed by atoms with Gasteiger partial charge in [-0.3, -0.25) is 4.79 Å². The van der Waals surface area contributed by atoms with Crippen molar-refractivity contribution in [3.63, 3.8) is 0 Å². The molecule has 3 rings (SSSR count). The van der Waals surface area contributed by atoms with E-state index in [0.29, 0.717) is 22.0 Å². The summed E-state index contributed by atoms with van der Waals surface area (Å²) in [6.45, 7) is 2.02. The number of hydrogen-bond acceptors (Lipinski definition) is 4. The molecule has 0 unspecified atom stereocenters. The molecule has 3 aromatic rings. The van der Waals surface area contributed by atoms with E-state index in [-0.39, 0.29) is 12.3 Å². The number of benzene rings is 2. The van der Waals surface area contributed by atoms with Crippen LogP contribution in [0.5, 0.6) is 0 Å². The number of rotatable bonds is 4. The number of carbonyl (C=O) groups excluding carboxylic acids is 1. The van der Waals surface area contributed by atoms with Crippen molar-refractivity contribution < 1.29 is 4.79 Å². The molecule has 1 aromatic heterocycles. The average Bonchev–Trinajstić information content (AvgIpc) is 2.96. The van der Waals surface area contributed by atoms with E-state index in [1.807, 2.05) is 37.3 Å². The molecular formula is C16H13ClN4O. The molecule has 110 valence electrons. The van der Waals surface area contributed by atoms with Gasteiger partial charge in [0.25, 0.3) is 0 Å². The van der Waals surface area contributed by atoms with Crippen LogP contribution in [-0.2, 0) is 6.54 Å². The number of tetrazole rings is 1. The third-order valence-electron chi connectivity index (χ3n) is 3.23. The van der Waals surface area contributed by atoms with Crippen molar-refractivity contribution in [2.45, 2.75) is 13.5 Å². The van der Waals surface area contributed by atoms with E-state index in [0.717, 1.165) is 5.56 Å². The van der Waals surface area contributed by atoms with Crippen molar-refractivity contribution in [3.8, 4) is 11.4 Å². The molecule has 0 N–H and O–H groups in total. The first-order chi connectivity index (χ1) is 10.6. The highest BCUT2D eigenvalue weighted by atomic mass is 35.5. The zero-order valence-corrected chi connectivity index (χ0v) is 12.7. The van der Waals surface area contributed by atoms with E-state index in [4.69, 9.17) is 11.6 Å². The summed E-state index contributed by atoms with van der Waals surface area (Å²) in [6.07, 6.45) is 0. The first kappa shape index (κ1) is 14.4. The lowest BCUT2D eigenvalue weighted by molar-refractivity contribution is 0.0961. The molecule has 0 aliphatic carbocycles. The molecule has 0 aliphatic heterocycles. The Morgan fingerprint density at radius 2 is 1.86 bits per heavy atom. The Kier molecular flexibility index (Phi) is 3.98. The summed E-state index contributed by atoms with van der Waals surface area (Å²) < 4.78 is 0. The van der Waals surface area contributed by atoms with Gasteiger partial charge in [0.1, 0.15) is 6.54 Å². The van der Waals surface area contributed by atoms with Crippen molar-refractivity contribution in [3.05, 3.63) is 64.7 Å². The fraction of sp³-hybridized carbons (Fsp3) is 0.125. The van der Waals surface area contributed by atoms with Gasteiger partial charge in [0.2, 0.25) is 5.82 Å². The fourth-order valence-electron chi connectivity index (χ4n) is 2.02. The smallest absolute Gasteiger partial charge is 0.206 e. The maximum absolute atomic E-state index is 12.2. The standard InChI is InChI=1S/C16H13ClN4O/c1-11-6-8-12(9-7-11)15(22)10-21-19-16(18-20-21)13-4-2-3-5-14(13)17/h2-9H,10H2,1H3. The molecule has 0 saturated carbocycles. The zero-order valence-electron chi connectivity index (χ0n) is 11.9. The third-order valence-corrected chi connectivity index (χ3v) is 3.56. The Morgan fingerprint density at radius 1 is 1.14 bits per heavy atom. The molecule has 0 spiro atoms. The van der Waals surface area contributed by atoms with Gasteiger partial charge >= 0.3 is 0 Å². The normalized spacial score (nSPS) is 10.6. The van der Waals surface area contributed by atoms with E-state index in [1.54, 1.807) is 18.2 Å². The fourth-order valence-corrected chi connectivity index (χ4v) is 2.24. The topological polar surface area (TPSA) is 60.7 Å². The van der Waals surface area contributed by atoms with Gasteiger partial charge in [0, 0.05) is 11.1 Å². The first-order valence-corrected chi connectivity index (χ1v) is 7.14. The molecule has 1 heterocycles. The number of ketones is 1. The zero-order chi connectivity index (χ0) is 15.5. The van der Waals surface area contributed by atoms with E-state index in [1.165, 1.54) is 4.80 Å². The summed E-state index contributed by atoms with van der Waals surface area (Å²) >= 11 is 6.10. The third kappa shape index (κ3) is 3.04. The van der Waals surface area contributed by atoms with Crippen molar-refractivity contribution in [2.24, 2.45) is 0 Å². The minimum atomic E-state index is -0.0666. The van der Waals surface area contributed by atoms with Crippen LogP contribution in [0.15, 0.2) is 48.5 Å². The number of halogens is 1. The highest BCUT2D eigenvalue weighted by Gasteiger charge is 2.12. The minimum Gasteiger partial charge on any atom is -0.292 e. The molecule has 0 atom stereocenters. The summed E-state index contributed by atoms with van der Waals surface area (Å²) in [5, 5.41) is 12.6. The molecule has 6 heteroatoms. The SMILES string of the molecule is Cc1ccc(C(=O)Cn2nnc(-c3ccccc3Cl)n2)cc1. The van der Waals surface area contributed by atoms with Crippen LogP contribution < -0.4 is 0 Å². The van der Waals surface area contributed by atoms with Gasteiger partial charge in [-0.1, -0.05) is 53.6 Å². The summed E-state index contributed by atoms with van der Waals surface area (Å²) in [5.74, 6) is 0.338. The minimum absolute atomic E-state index is 0.0422. The lowest BCUT2D eigenvalue weighted by Gasteiger charge is -2.00. The van der Waals surface area contributed by atoms with Crippen LogP contribution in [0.3, 0.4) is 0 Å². The van der Waals surface area contributed by atoms with Crippen LogP contribution in [0.2, 0.25) is 5.02 Å². The second kappa shape index (κ2) is 6.07. The highest BCUT2D eigenvalue weighted by Crippen LogP contribution is 2.23. The van der Waals surface area contributed by atoms with Crippen molar-refractivity contribution in [2.75, 3.05) is 0 Å². The molecule has 5 nitrogen and oxygen atoms in total. The second-order valence-electron chi connectivity index (χ2n) is 4.91. The molecule has 0 fully saturated rings. The molecule has 0 bridgehead atoms. The molecule has 0 saturated heterocycles. The Hall–Kier alpha value is -2.53. The quantitative estimate of drug-likeness (QED) is 0.694. The number of aryl methyl sites for hydroxylation is 1. The average molecular weight is 313 g/mol. The predicted molar refractivity (Wildman–Crippen MR) is 83.8 cm³/mol. The summed E-state index contributed by atoms with van der Waals surface area (Å²) in [5.41, 5.74) is 2.43. The van der Waals surface area contributed by atoms with Crippen molar-refractivity contribution in [1.29, 1.82) is 0 Å². The Morgan fingerprint density at radius 3 is 2.59 bits per heavy atom. The second-order valence-corrected chi connectivity index (χ2v) is 5.32. The van der Waals surface area contributed by atoms with Gasteiger partial charge < -0.3 is 0 Å². The first-order valence-electron chi connectivity index (χ1n) is 6.76. The number of aromatic nitrogens is 4. The lowest BCUT2D eigenvalue weighted by Crippen LogP contribution is -2.13. The Balaban J connectivity index is 1.78. The van der Waals surface area contributed by atoms with Crippen LogP contribution in [-0.4, -0.2) is 26.0 Å². The molecular weight excluding hydrogens is 300 g/mol. The van der Waals surface area contributed by atoms with Crippen molar-refractivity contribution in [1.82, 2.24) is 20.2 Å². The number of nitrogens with zero attached hydrogens (tertiary/aromatic N) is 4. The van der Waals surface area contributed by atoms with Crippen LogP contribution in [0, 0.1) is 6.92 Å². The van der Waals surface area contributed by atoms with Gasteiger partial charge in [-0.2, -0.15) is 4.80 Å². The highest BCUT2D eigenvalue weighted by molar-refractivity contribution is 6.33. The van der Waals surface area contributed by atoms with Crippen LogP contribution in [0.25, 0.3) is 11.4 Å². The lowest BCUT2D eigenvalue weighted by atomic mass is 10.1. The molecule has 0 amide bonds. The van der Waals surface area contributed by atoms with E-state index in [2.05, 4.69) is 15.4 Å². The number of Topliss-reactive ketones (excluding diaryl/α,β-unsaturated/α-hetero) is 1. The van der Waals surface area contributed by atoms with Crippen molar-refractivity contribution >= 4 is 17.4 Å². The predicted octanol–water partition coefficient (Wildman–Crippen LogP) is 3.18. The molecule has 22 heavy (non-hydrogen) atoms. The van der Waals surface area contributed by atoms with E-state index >= 15 is 0 Å². The number of carbonyl (C=O) groups is 1. The van der Waals surface area contributed by atoms with Gasteiger partial charge in [0.05, 0.1) is 5.02 Å². The summed E-state index contributed by atoms with van der Waals surface area (Å²) in [6, 6.07) is 14.6. The molecule has 0 radical (unpaired) electrons. The maximum atomic E-state index is 12.2. The Labute approximate surface area is 132 Å². The molecule has 0 aliphatic rings. The van der Waals surface area contributed by atoms with Crippen LogP contribution in [0.4, 0.5) is 0 Å². The van der Waals surface area contributed by atoms with Gasteiger partial charge in [-0.15, -0.1) is 10.2 Å². The summed E-state index contributed by atoms with van der Waals surface area (Å²) in [7, 11) is 0.